The molecule has 0 atom stereocenters. The van der Waals surface area contributed by atoms with E-state index in [2.05, 4.69) is 18.7 Å². The van der Waals surface area contributed by atoms with Crippen molar-refractivity contribution >= 4 is 5.97 Å². The van der Waals surface area contributed by atoms with Crippen LogP contribution in [0.1, 0.15) is 51.9 Å². The quantitative estimate of drug-likeness (QED) is 0.318. The molecule has 0 aromatic carbocycles. The van der Waals surface area contributed by atoms with E-state index in [1.54, 1.807) is 0 Å². The predicted octanol–water partition coefficient (Wildman–Crippen LogP) is 4.02. The highest BCUT2D eigenvalue weighted by Gasteiger charge is 1.89. The fraction of sp³-hybridized carbons (Fsp3) is 0.643. The molecule has 0 heterocycles. The van der Waals surface area contributed by atoms with E-state index in [0.29, 0.717) is 6.61 Å². The Morgan fingerprint density at radius 2 is 1.69 bits per heavy atom. The lowest BCUT2D eigenvalue weighted by molar-refractivity contribution is -0.140. The van der Waals surface area contributed by atoms with Crippen LogP contribution < -0.4 is 0 Å². The average Bonchev–Trinajstić information content (AvgIpc) is 2.25. The highest BCUT2D eigenvalue weighted by molar-refractivity contribution is 5.65. The average molecular weight is 224 g/mol. The normalized spacial score (nSPS) is 10.6. The van der Waals surface area contributed by atoms with Crippen molar-refractivity contribution in [1.29, 1.82) is 0 Å². The SMILES string of the molecule is C=CCCCCCCC=CCCOC(C)=O. The van der Waals surface area contributed by atoms with Crippen LogP contribution in [-0.4, -0.2) is 12.6 Å². The second-order valence-corrected chi connectivity index (χ2v) is 3.88. The van der Waals surface area contributed by atoms with Gasteiger partial charge < -0.3 is 4.74 Å². The Hall–Kier alpha value is -1.05. The van der Waals surface area contributed by atoms with Crippen LogP contribution in [-0.2, 0) is 9.53 Å². The van der Waals surface area contributed by atoms with Gasteiger partial charge in [-0.15, -0.1) is 6.58 Å². The number of hydrogen-bond donors (Lipinski definition) is 0. The van der Waals surface area contributed by atoms with Gasteiger partial charge in [0.15, 0.2) is 0 Å². The molecule has 0 radical (unpaired) electrons. The molecule has 0 aliphatic heterocycles. The van der Waals surface area contributed by atoms with Crippen LogP contribution in [0.2, 0.25) is 0 Å². The van der Waals surface area contributed by atoms with Crippen LogP contribution >= 0.6 is 0 Å². The van der Waals surface area contributed by atoms with Gasteiger partial charge in [0.2, 0.25) is 0 Å². The predicted molar refractivity (Wildman–Crippen MR) is 68.3 cm³/mol. The number of hydrogen-bond acceptors (Lipinski definition) is 2. The number of carbonyl (C=O) groups excluding carboxylic acids is 1. The van der Waals surface area contributed by atoms with Crippen molar-refractivity contribution in [3.05, 3.63) is 24.8 Å². The maximum absolute atomic E-state index is 10.5. The topological polar surface area (TPSA) is 26.3 Å². The van der Waals surface area contributed by atoms with Crippen LogP contribution in [0.4, 0.5) is 0 Å². The van der Waals surface area contributed by atoms with Gasteiger partial charge in [-0.05, 0) is 32.1 Å². The van der Waals surface area contributed by atoms with E-state index in [4.69, 9.17) is 4.74 Å². The largest absolute Gasteiger partial charge is 0.466 e. The first-order chi connectivity index (χ1) is 7.77. The first kappa shape index (κ1) is 14.9. The fourth-order valence-electron chi connectivity index (χ4n) is 1.41. The standard InChI is InChI=1S/C14H24O2/c1-3-4-5-6-7-8-9-10-11-12-13-16-14(2)15/h3,10-11H,1,4-9,12-13H2,2H3. The molecule has 0 saturated carbocycles. The summed E-state index contributed by atoms with van der Waals surface area (Å²) in [6.07, 6.45) is 14.5. The lowest BCUT2D eigenvalue weighted by Crippen LogP contribution is -1.98. The van der Waals surface area contributed by atoms with Crippen molar-refractivity contribution in [3.63, 3.8) is 0 Å². The first-order valence-corrected chi connectivity index (χ1v) is 6.16. The second-order valence-electron chi connectivity index (χ2n) is 3.88. The minimum atomic E-state index is -0.199. The summed E-state index contributed by atoms with van der Waals surface area (Å²) in [6.45, 7) is 5.64. The molecule has 0 N–H and O–H groups in total. The molecular formula is C14H24O2. The molecule has 0 saturated heterocycles. The molecule has 0 aliphatic rings. The van der Waals surface area contributed by atoms with Gasteiger partial charge >= 0.3 is 5.97 Å². The van der Waals surface area contributed by atoms with Gasteiger partial charge in [-0.25, -0.2) is 0 Å². The van der Waals surface area contributed by atoms with Crippen molar-refractivity contribution < 1.29 is 9.53 Å². The van der Waals surface area contributed by atoms with Crippen molar-refractivity contribution in [1.82, 2.24) is 0 Å². The van der Waals surface area contributed by atoms with Crippen LogP contribution in [0.3, 0.4) is 0 Å². The van der Waals surface area contributed by atoms with E-state index in [-0.39, 0.29) is 5.97 Å². The summed E-state index contributed by atoms with van der Waals surface area (Å²) in [5.74, 6) is -0.199. The van der Waals surface area contributed by atoms with E-state index in [9.17, 15) is 4.79 Å². The minimum Gasteiger partial charge on any atom is -0.466 e. The van der Waals surface area contributed by atoms with Gasteiger partial charge in [-0.1, -0.05) is 31.1 Å². The van der Waals surface area contributed by atoms with E-state index < -0.39 is 0 Å². The Labute approximate surface area is 99.4 Å². The Bertz CT molecular complexity index is 207. The summed E-state index contributed by atoms with van der Waals surface area (Å²) >= 11 is 0. The van der Waals surface area contributed by atoms with E-state index in [1.165, 1.54) is 32.6 Å². The maximum atomic E-state index is 10.5. The molecule has 0 fully saturated rings. The molecule has 16 heavy (non-hydrogen) atoms. The van der Waals surface area contributed by atoms with E-state index in [0.717, 1.165) is 19.3 Å². The summed E-state index contributed by atoms with van der Waals surface area (Å²) < 4.78 is 4.81. The third-order valence-electron chi connectivity index (χ3n) is 2.29. The highest BCUT2D eigenvalue weighted by Crippen LogP contribution is 2.06. The van der Waals surface area contributed by atoms with Crippen molar-refractivity contribution in [2.24, 2.45) is 0 Å². The zero-order valence-electron chi connectivity index (χ0n) is 10.4. The lowest BCUT2D eigenvalue weighted by Gasteiger charge is -1.98. The molecule has 0 aromatic heterocycles. The van der Waals surface area contributed by atoms with Crippen LogP contribution in [0.25, 0.3) is 0 Å². The number of unbranched alkanes of at least 4 members (excludes halogenated alkanes) is 5. The molecule has 0 spiro atoms. The van der Waals surface area contributed by atoms with Gasteiger partial charge in [0.25, 0.3) is 0 Å². The van der Waals surface area contributed by atoms with Crippen molar-refractivity contribution in [2.75, 3.05) is 6.61 Å². The monoisotopic (exact) mass is 224 g/mol. The molecule has 0 unspecified atom stereocenters. The molecule has 2 nitrogen and oxygen atoms in total. The highest BCUT2D eigenvalue weighted by atomic mass is 16.5. The van der Waals surface area contributed by atoms with Crippen molar-refractivity contribution in [3.8, 4) is 0 Å². The molecule has 0 amide bonds. The summed E-state index contributed by atoms with van der Waals surface area (Å²) in [5.41, 5.74) is 0. The number of allylic oxidation sites excluding steroid dienone is 2. The van der Waals surface area contributed by atoms with Gasteiger partial charge in [0, 0.05) is 6.92 Å². The molecule has 0 aromatic rings. The Kier molecular flexibility index (Phi) is 11.2. The van der Waals surface area contributed by atoms with Gasteiger partial charge in [0.05, 0.1) is 6.61 Å². The zero-order valence-corrected chi connectivity index (χ0v) is 10.4. The van der Waals surface area contributed by atoms with Gasteiger partial charge in [0.1, 0.15) is 0 Å². The van der Waals surface area contributed by atoms with Crippen LogP contribution in [0.5, 0.6) is 0 Å². The summed E-state index contributed by atoms with van der Waals surface area (Å²) in [6, 6.07) is 0. The molecule has 0 bridgehead atoms. The van der Waals surface area contributed by atoms with E-state index in [1.807, 2.05) is 6.08 Å². The Morgan fingerprint density at radius 3 is 2.31 bits per heavy atom. The van der Waals surface area contributed by atoms with Gasteiger partial charge in [-0.2, -0.15) is 0 Å². The smallest absolute Gasteiger partial charge is 0.302 e. The van der Waals surface area contributed by atoms with Crippen LogP contribution in [0.15, 0.2) is 24.8 Å². The lowest BCUT2D eigenvalue weighted by atomic mass is 10.1. The summed E-state index contributed by atoms with van der Waals surface area (Å²) in [5, 5.41) is 0. The Morgan fingerprint density at radius 1 is 1.06 bits per heavy atom. The summed E-state index contributed by atoms with van der Waals surface area (Å²) in [7, 11) is 0. The zero-order chi connectivity index (χ0) is 12.1. The second kappa shape index (κ2) is 12.0. The molecule has 0 aliphatic carbocycles. The molecule has 0 rings (SSSR count). The number of ether oxygens (including phenoxy) is 1. The fourth-order valence-corrected chi connectivity index (χ4v) is 1.41. The number of rotatable bonds is 10. The molecular weight excluding hydrogens is 200 g/mol. The van der Waals surface area contributed by atoms with Crippen molar-refractivity contribution in [2.45, 2.75) is 51.9 Å². The summed E-state index contributed by atoms with van der Waals surface area (Å²) in [4.78, 5) is 10.5. The third kappa shape index (κ3) is 12.9. The maximum Gasteiger partial charge on any atom is 0.302 e. The number of esters is 1. The van der Waals surface area contributed by atoms with Crippen LogP contribution in [0, 0.1) is 0 Å². The molecule has 92 valence electrons. The minimum absolute atomic E-state index is 0.199. The first-order valence-electron chi connectivity index (χ1n) is 6.16. The van der Waals surface area contributed by atoms with Gasteiger partial charge in [-0.3, -0.25) is 4.79 Å². The molecule has 2 heteroatoms. The Balaban J connectivity index is 3.09. The number of carbonyl (C=O) groups is 1. The van der Waals surface area contributed by atoms with E-state index >= 15 is 0 Å². The third-order valence-corrected chi connectivity index (χ3v) is 2.29.